The van der Waals surface area contributed by atoms with Crippen LogP contribution in [0.15, 0.2) is 42.0 Å². The summed E-state index contributed by atoms with van der Waals surface area (Å²) in [5, 5.41) is 0. The Bertz CT molecular complexity index is 444. The van der Waals surface area contributed by atoms with Gasteiger partial charge in [-0.3, -0.25) is 0 Å². The summed E-state index contributed by atoms with van der Waals surface area (Å²) < 4.78 is 5.24. The molecule has 0 amide bonds. The average Bonchev–Trinajstić information content (AvgIpc) is 2.38. The lowest BCUT2D eigenvalue weighted by Crippen LogP contribution is -2.08. The second-order valence-corrected chi connectivity index (χ2v) is 6.58. The van der Waals surface area contributed by atoms with Gasteiger partial charge in [-0.25, -0.2) is 4.79 Å². The monoisotopic (exact) mass is 294 g/mol. The van der Waals surface area contributed by atoms with Crippen LogP contribution in [0, 0.1) is 0 Å². The minimum Gasteiger partial charge on any atom is -0.462 e. The molecule has 0 spiro atoms. The molecule has 0 N–H and O–H groups in total. The van der Waals surface area contributed by atoms with Gasteiger partial charge >= 0.3 is 5.97 Å². The molecule has 1 rings (SSSR count). The van der Waals surface area contributed by atoms with Gasteiger partial charge in [0.1, 0.15) is 0 Å². The second-order valence-electron chi connectivity index (χ2n) is 5.56. The number of carbonyl (C=O) groups is 1. The highest BCUT2D eigenvalue weighted by molar-refractivity contribution is 6.23. The van der Waals surface area contributed by atoms with E-state index in [9.17, 15) is 4.79 Å². The van der Waals surface area contributed by atoms with Gasteiger partial charge in [-0.2, -0.15) is 0 Å². The summed E-state index contributed by atoms with van der Waals surface area (Å²) in [6, 6.07) is 9.05. The van der Waals surface area contributed by atoms with E-state index in [0.717, 1.165) is 19.3 Å². The lowest BCUT2D eigenvalue weighted by molar-refractivity contribution is 0.0509. The minimum absolute atomic E-state index is 0.156. The van der Waals surface area contributed by atoms with Crippen molar-refractivity contribution in [1.82, 2.24) is 0 Å². The molecular formula is C17H23ClO2. The lowest BCUT2D eigenvalue weighted by atomic mass is 10.1. The van der Waals surface area contributed by atoms with E-state index >= 15 is 0 Å². The predicted molar refractivity (Wildman–Crippen MR) is 84.3 cm³/mol. The number of hydrogen-bond donors (Lipinski definition) is 0. The Morgan fingerprint density at radius 1 is 1.30 bits per heavy atom. The molecule has 110 valence electrons. The zero-order valence-corrected chi connectivity index (χ0v) is 13.2. The van der Waals surface area contributed by atoms with Crippen LogP contribution in [-0.2, 0) is 4.74 Å². The zero-order chi connectivity index (χ0) is 15.0. The fourth-order valence-electron chi connectivity index (χ4n) is 1.73. The number of carbonyl (C=O) groups excluding carboxylic acids is 1. The summed E-state index contributed by atoms with van der Waals surface area (Å²) in [7, 11) is 0. The van der Waals surface area contributed by atoms with Crippen LogP contribution in [0.4, 0.5) is 0 Å². The molecule has 0 aliphatic rings. The van der Waals surface area contributed by atoms with Gasteiger partial charge in [-0.15, -0.1) is 11.6 Å². The first-order valence-electron chi connectivity index (χ1n) is 6.95. The quantitative estimate of drug-likeness (QED) is 0.403. The molecule has 0 heterocycles. The van der Waals surface area contributed by atoms with Gasteiger partial charge in [-0.05, 0) is 45.7 Å². The molecular weight excluding hydrogens is 272 g/mol. The number of ether oxygens (including phenoxy) is 1. The largest absolute Gasteiger partial charge is 0.462 e. The smallest absolute Gasteiger partial charge is 0.338 e. The molecule has 0 bridgehead atoms. The van der Waals surface area contributed by atoms with Crippen molar-refractivity contribution in [3.63, 3.8) is 0 Å². The first kappa shape index (κ1) is 16.8. The van der Waals surface area contributed by atoms with E-state index in [4.69, 9.17) is 16.3 Å². The fourth-order valence-corrected chi connectivity index (χ4v) is 1.84. The molecule has 20 heavy (non-hydrogen) atoms. The Balaban J connectivity index is 2.27. The van der Waals surface area contributed by atoms with Crippen molar-refractivity contribution in [3.05, 3.63) is 47.5 Å². The van der Waals surface area contributed by atoms with Crippen LogP contribution in [0.25, 0.3) is 0 Å². The zero-order valence-electron chi connectivity index (χ0n) is 12.5. The van der Waals surface area contributed by atoms with Crippen molar-refractivity contribution in [1.29, 1.82) is 0 Å². The first-order chi connectivity index (χ1) is 9.38. The number of allylic oxidation sites excluding steroid dienone is 1. The Hall–Kier alpha value is -1.28. The maximum absolute atomic E-state index is 11.7. The molecule has 0 radical (unpaired) electrons. The molecule has 3 heteroatoms. The first-order valence-corrected chi connectivity index (χ1v) is 7.33. The molecule has 0 saturated heterocycles. The molecule has 2 nitrogen and oxygen atoms in total. The van der Waals surface area contributed by atoms with E-state index in [2.05, 4.69) is 13.0 Å². The number of esters is 1. The molecule has 0 atom stereocenters. The normalized spacial score (nSPS) is 12.3. The minimum atomic E-state index is -0.264. The summed E-state index contributed by atoms with van der Waals surface area (Å²) in [5.74, 6) is -0.264. The van der Waals surface area contributed by atoms with Gasteiger partial charge in [-0.1, -0.05) is 29.8 Å². The number of benzene rings is 1. The lowest BCUT2D eigenvalue weighted by Gasteiger charge is -2.13. The fraction of sp³-hybridized carbons (Fsp3) is 0.471. The van der Waals surface area contributed by atoms with E-state index in [-0.39, 0.29) is 10.8 Å². The summed E-state index contributed by atoms with van der Waals surface area (Å²) in [4.78, 5) is 11.6. The van der Waals surface area contributed by atoms with Crippen molar-refractivity contribution in [2.45, 2.75) is 44.9 Å². The molecule has 0 saturated carbocycles. The van der Waals surface area contributed by atoms with Gasteiger partial charge in [0.15, 0.2) is 0 Å². The van der Waals surface area contributed by atoms with Crippen LogP contribution in [-0.4, -0.2) is 17.5 Å². The maximum Gasteiger partial charge on any atom is 0.338 e. The third-order valence-electron chi connectivity index (χ3n) is 2.97. The van der Waals surface area contributed by atoms with E-state index in [1.54, 1.807) is 12.1 Å². The van der Waals surface area contributed by atoms with E-state index in [0.29, 0.717) is 12.2 Å². The molecule has 0 unspecified atom stereocenters. The standard InChI is InChI=1S/C17H23ClO2/c1-14(8-7-12-17(2,3)18)11-13-20-16(19)15-9-5-4-6-10-15/h4-6,8-10H,7,11-13H2,1-3H3/b14-8+. The van der Waals surface area contributed by atoms with Crippen molar-refractivity contribution in [2.24, 2.45) is 0 Å². The van der Waals surface area contributed by atoms with Gasteiger partial charge in [0.25, 0.3) is 0 Å². The predicted octanol–water partition coefficient (Wildman–Crippen LogP) is 4.98. The molecule has 0 aromatic heterocycles. The Kier molecular flexibility index (Phi) is 6.80. The molecule has 0 aliphatic carbocycles. The highest BCUT2D eigenvalue weighted by atomic mass is 35.5. The second kappa shape index (κ2) is 8.11. The van der Waals surface area contributed by atoms with Crippen LogP contribution in [0.1, 0.15) is 50.4 Å². The third kappa shape index (κ3) is 7.34. The van der Waals surface area contributed by atoms with Gasteiger partial charge in [0.2, 0.25) is 0 Å². The topological polar surface area (TPSA) is 26.3 Å². The SMILES string of the molecule is C/C(=C\CCC(C)(C)Cl)CCOC(=O)c1ccccc1. The summed E-state index contributed by atoms with van der Waals surface area (Å²) in [5.41, 5.74) is 1.82. The van der Waals surface area contributed by atoms with Crippen LogP contribution in [0.2, 0.25) is 0 Å². The van der Waals surface area contributed by atoms with Crippen LogP contribution >= 0.6 is 11.6 Å². The number of hydrogen-bond acceptors (Lipinski definition) is 2. The van der Waals surface area contributed by atoms with Gasteiger partial charge in [0, 0.05) is 11.3 Å². The van der Waals surface area contributed by atoms with Gasteiger partial charge < -0.3 is 4.74 Å². The highest BCUT2D eigenvalue weighted by Gasteiger charge is 2.11. The Morgan fingerprint density at radius 3 is 2.55 bits per heavy atom. The Morgan fingerprint density at radius 2 is 1.95 bits per heavy atom. The van der Waals surface area contributed by atoms with Crippen molar-refractivity contribution in [2.75, 3.05) is 6.61 Å². The van der Waals surface area contributed by atoms with Crippen molar-refractivity contribution >= 4 is 17.6 Å². The van der Waals surface area contributed by atoms with Crippen molar-refractivity contribution < 1.29 is 9.53 Å². The average molecular weight is 295 g/mol. The van der Waals surface area contributed by atoms with E-state index < -0.39 is 0 Å². The summed E-state index contributed by atoms with van der Waals surface area (Å²) in [6.45, 7) is 6.50. The highest BCUT2D eigenvalue weighted by Crippen LogP contribution is 2.20. The third-order valence-corrected chi connectivity index (χ3v) is 3.16. The van der Waals surface area contributed by atoms with E-state index in [1.807, 2.05) is 32.0 Å². The van der Waals surface area contributed by atoms with Crippen molar-refractivity contribution in [3.8, 4) is 0 Å². The number of rotatable bonds is 7. The summed E-state index contributed by atoms with van der Waals surface area (Å²) >= 11 is 6.13. The van der Waals surface area contributed by atoms with Crippen LogP contribution < -0.4 is 0 Å². The van der Waals surface area contributed by atoms with Gasteiger partial charge in [0.05, 0.1) is 12.2 Å². The van der Waals surface area contributed by atoms with E-state index in [1.165, 1.54) is 5.57 Å². The van der Waals surface area contributed by atoms with Crippen LogP contribution in [0.3, 0.4) is 0 Å². The number of halogens is 1. The molecule has 0 aliphatic heterocycles. The Labute approximate surface area is 126 Å². The summed E-state index contributed by atoms with van der Waals surface area (Å²) in [6.07, 6.45) is 4.83. The molecule has 1 aromatic carbocycles. The molecule has 1 aromatic rings. The number of alkyl halides is 1. The van der Waals surface area contributed by atoms with Crippen LogP contribution in [0.5, 0.6) is 0 Å². The molecule has 0 fully saturated rings. The maximum atomic E-state index is 11.7.